The Labute approximate surface area is 116 Å². The average Bonchev–Trinajstić information content (AvgIpc) is 2.59. The molecule has 2 aliphatic rings. The smallest absolute Gasteiger partial charge is 0.410 e. The molecule has 0 aromatic heterocycles. The molecule has 2 fully saturated rings. The van der Waals surface area contributed by atoms with Crippen molar-refractivity contribution in [3.63, 3.8) is 0 Å². The monoisotopic (exact) mass is 282 g/mol. The third-order valence-electron chi connectivity index (χ3n) is 3.31. The third-order valence-corrected chi connectivity index (χ3v) is 3.31. The summed E-state index contributed by atoms with van der Waals surface area (Å²) < 4.78 is 10.4. The summed E-state index contributed by atoms with van der Waals surface area (Å²) in [5, 5.41) is 3.41. The molecule has 110 valence electrons. The van der Waals surface area contributed by atoms with Crippen LogP contribution in [0, 0.1) is 5.41 Å². The van der Waals surface area contributed by atoms with E-state index in [1.165, 1.54) is 4.90 Å². The number of carbonyl (C=O) groups excluding carboxylic acids is 2. The lowest BCUT2D eigenvalue weighted by molar-refractivity contribution is -0.155. The Kier molecular flexibility index (Phi) is 3.52. The van der Waals surface area contributed by atoms with E-state index in [9.17, 15) is 9.59 Å². The molecule has 1 atom stereocenters. The van der Waals surface area contributed by atoms with Gasteiger partial charge in [0.15, 0.2) is 0 Å². The molecule has 2 heterocycles. The fourth-order valence-electron chi connectivity index (χ4n) is 2.46. The Balaban J connectivity index is 1.90. The van der Waals surface area contributed by atoms with Crippen LogP contribution in [0.1, 0.15) is 27.2 Å². The number of nitrogens with zero attached hydrogens (tertiary/aromatic N) is 4. The van der Waals surface area contributed by atoms with Crippen molar-refractivity contribution < 1.29 is 19.1 Å². The zero-order chi connectivity index (χ0) is 15.0. The van der Waals surface area contributed by atoms with E-state index in [4.69, 9.17) is 15.0 Å². The number of ether oxygens (including phenoxy) is 2. The van der Waals surface area contributed by atoms with E-state index < -0.39 is 17.1 Å². The van der Waals surface area contributed by atoms with E-state index in [-0.39, 0.29) is 18.6 Å². The number of esters is 1. The van der Waals surface area contributed by atoms with E-state index in [2.05, 4.69) is 10.0 Å². The summed E-state index contributed by atoms with van der Waals surface area (Å²) >= 11 is 0. The average molecular weight is 282 g/mol. The number of amides is 1. The quantitative estimate of drug-likeness (QED) is 0.333. The number of hydrogen-bond acceptors (Lipinski definition) is 5. The van der Waals surface area contributed by atoms with Crippen LogP contribution in [0.5, 0.6) is 0 Å². The van der Waals surface area contributed by atoms with Gasteiger partial charge in [0, 0.05) is 24.4 Å². The number of cyclic esters (lactones) is 1. The second-order valence-electron chi connectivity index (χ2n) is 6.26. The number of azide groups is 1. The van der Waals surface area contributed by atoms with Gasteiger partial charge in [-0.05, 0) is 26.3 Å². The summed E-state index contributed by atoms with van der Waals surface area (Å²) in [5.41, 5.74) is 7.06. The molecule has 2 rings (SSSR count). The van der Waals surface area contributed by atoms with Crippen molar-refractivity contribution >= 4 is 12.1 Å². The van der Waals surface area contributed by atoms with Crippen molar-refractivity contribution in [1.82, 2.24) is 4.90 Å². The summed E-state index contributed by atoms with van der Waals surface area (Å²) in [4.78, 5) is 27.8. The molecule has 0 aromatic rings. The molecule has 1 amide bonds. The van der Waals surface area contributed by atoms with Crippen molar-refractivity contribution in [3.8, 4) is 0 Å². The largest absolute Gasteiger partial charge is 0.462 e. The van der Waals surface area contributed by atoms with Crippen molar-refractivity contribution in [3.05, 3.63) is 10.4 Å². The molecule has 0 N–H and O–H groups in total. The Hall–Kier alpha value is -1.95. The van der Waals surface area contributed by atoms with Gasteiger partial charge in [0.25, 0.3) is 0 Å². The van der Waals surface area contributed by atoms with Gasteiger partial charge in [0.1, 0.15) is 17.1 Å². The van der Waals surface area contributed by atoms with Gasteiger partial charge in [-0.1, -0.05) is 5.11 Å². The SMILES string of the molecule is CC(C)(C)OC(=O)N1CC2(CC(CN=[N+]=[N-])OC2=O)C1. The first-order chi connectivity index (χ1) is 9.26. The number of rotatable bonds is 2. The van der Waals surface area contributed by atoms with Gasteiger partial charge in [-0.15, -0.1) is 0 Å². The van der Waals surface area contributed by atoms with E-state index in [0.29, 0.717) is 19.5 Å². The molecule has 20 heavy (non-hydrogen) atoms. The van der Waals surface area contributed by atoms with Crippen LogP contribution in [0.3, 0.4) is 0 Å². The minimum Gasteiger partial charge on any atom is -0.462 e. The van der Waals surface area contributed by atoms with Gasteiger partial charge in [0.05, 0.1) is 6.54 Å². The van der Waals surface area contributed by atoms with E-state index in [0.717, 1.165) is 0 Å². The van der Waals surface area contributed by atoms with E-state index in [1.807, 2.05) is 0 Å². The molecule has 8 nitrogen and oxygen atoms in total. The molecule has 8 heteroatoms. The molecule has 2 aliphatic heterocycles. The first-order valence-electron chi connectivity index (χ1n) is 6.46. The minimum atomic E-state index is -0.646. The Morgan fingerprint density at radius 3 is 2.80 bits per heavy atom. The lowest BCUT2D eigenvalue weighted by atomic mass is 9.77. The van der Waals surface area contributed by atoms with Crippen molar-refractivity contribution in [2.75, 3.05) is 19.6 Å². The summed E-state index contributed by atoms with van der Waals surface area (Å²) in [6, 6.07) is 0. The molecule has 1 spiro atoms. The van der Waals surface area contributed by atoms with Crippen molar-refractivity contribution in [2.24, 2.45) is 10.5 Å². The maximum atomic E-state index is 11.9. The highest BCUT2D eigenvalue weighted by Crippen LogP contribution is 2.42. The molecule has 0 saturated carbocycles. The highest BCUT2D eigenvalue weighted by atomic mass is 16.6. The van der Waals surface area contributed by atoms with Crippen molar-refractivity contribution in [2.45, 2.75) is 38.9 Å². The first-order valence-corrected chi connectivity index (χ1v) is 6.46. The molecular weight excluding hydrogens is 264 g/mol. The van der Waals surface area contributed by atoms with E-state index >= 15 is 0 Å². The fraction of sp³-hybridized carbons (Fsp3) is 0.833. The lowest BCUT2D eigenvalue weighted by Gasteiger charge is -2.44. The van der Waals surface area contributed by atoms with Crippen LogP contribution in [0.2, 0.25) is 0 Å². The highest BCUT2D eigenvalue weighted by molar-refractivity contribution is 5.84. The molecular formula is C12H18N4O4. The maximum absolute atomic E-state index is 11.9. The fourth-order valence-corrected chi connectivity index (χ4v) is 2.46. The zero-order valence-electron chi connectivity index (χ0n) is 11.8. The van der Waals surface area contributed by atoms with Gasteiger partial charge >= 0.3 is 12.1 Å². The van der Waals surface area contributed by atoms with Crippen molar-refractivity contribution in [1.29, 1.82) is 0 Å². The molecule has 1 unspecified atom stereocenters. The topological polar surface area (TPSA) is 105 Å². The molecule has 0 bridgehead atoms. The summed E-state index contributed by atoms with van der Waals surface area (Å²) in [6.45, 7) is 6.11. The van der Waals surface area contributed by atoms with Crippen LogP contribution < -0.4 is 0 Å². The van der Waals surface area contributed by atoms with Gasteiger partial charge in [-0.25, -0.2) is 4.79 Å². The van der Waals surface area contributed by atoms with E-state index in [1.54, 1.807) is 20.8 Å². The van der Waals surface area contributed by atoms with Gasteiger partial charge in [0.2, 0.25) is 0 Å². The molecule has 0 aliphatic carbocycles. The van der Waals surface area contributed by atoms with Gasteiger partial charge in [-0.2, -0.15) is 0 Å². The number of likely N-dealkylation sites (tertiary alicyclic amines) is 1. The van der Waals surface area contributed by atoms with Crippen LogP contribution in [0.25, 0.3) is 10.4 Å². The van der Waals surface area contributed by atoms with Gasteiger partial charge < -0.3 is 14.4 Å². The summed E-state index contributed by atoms with van der Waals surface area (Å²) in [7, 11) is 0. The normalized spacial score (nSPS) is 23.9. The molecule has 2 saturated heterocycles. The predicted molar refractivity (Wildman–Crippen MR) is 68.8 cm³/mol. The number of carbonyl (C=O) groups is 2. The molecule has 0 aromatic carbocycles. The third kappa shape index (κ3) is 2.80. The minimum absolute atomic E-state index is 0.135. The summed E-state index contributed by atoms with van der Waals surface area (Å²) in [6.07, 6.45) is -0.335. The Morgan fingerprint density at radius 2 is 2.25 bits per heavy atom. The van der Waals surface area contributed by atoms with Crippen LogP contribution in [-0.2, 0) is 14.3 Å². The first kappa shape index (κ1) is 14.5. The standard InChI is InChI=1S/C12H18N4O4/c1-11(2,3)20-10(18)16-6-12(7-16)4-8(5-14-15-13)19-9(12)17/h8H,4-7H2,1-3H3. The van der Waals surface area contributed by atoms with Crippen LogP contribution in [0.15, 0.2) is 5.11 Å². The highest BCUT2D eigenvalue weighted by Gasteiger charge is 2.58. The lowest BCUT2D eigenvalue weighted by Crippen LogP contribution is -2.61. The predicted octanol–water partition coefficient (Wildman–Crippen LogP) is 1.85. The Morgan fingerprint density at radius 1 is 1.60 bits per heavy atom. The molecule has 0 radical (unpaired) electrons. The van der Waals surface area contributed by atoms with Gasteiger partial charge in [-0.3, -0.25) is 4.79 Å². The van der Waals surface area contributed by atoms with Crippen LogP contribution in [0.4, 0.5) is 4.79 Å². The Bertz CT molecular complexity index is 472. The van der Waals surface area contributed by atoms with Crippen LogP contribution >= 0.6 is 0 Å². The van der Waals surface area contributed by atoms with Crippen LogP contribution in [-0.4, -0.2) is 48.3 Å². The zero-order valence-corrected chi connectivity index (χ0v) is 11.8. The summed E-state index contributed by atoms with van der Waals surface area (Å²) in [5.74, 6) is -0.324. The maximum Gasteiger partial charge on any atom is 0.410 e. The second kappa shape index (κ2) is 4.86. The number of hydrogen-bond donors (Lipinski definition) is 0. The second-order valence-corrected chi connectivity index (χ2v) is 6.26.